The Bertz CT molecular complexity index is 745. The summed E-state index contributed by atoms with van der Waals surface area (Å²) in [5, 5.41) is 21.9. The summed E-state index contributed by atoms with van der Waals surface area (Å²) in [6.45, 7) is 6.34. The number of benzene rings is 1. The van der Waals surface area contributed by atoms with E-state index >= 15 is 0 Å². The average Bonchev–Trinajstić information content (AvgIpc) is 3.04. The van der Waals surface area contributed by atoms with Crippen LogP contribution >= 0.6 is 11.3 Å². The molecule has 0 aliphatic carbocycles. The number of aromatic nitrogens is 1. The number of guanidine groups is 1. The number of hydrogen-bond donors (Lipinski definition) is 4. The summed E-state index contributed by atoms with van der Waals surface area (Å²) in [5.41, 5.74) is 1.33. The molecule has 2 aromatic rings. The van der Waals surface area contributed by atoms with Crippen LogP contribution in [0, 0.1) is 6.92 Å². The van der Waals surface area contributed by atoms with Crippen LogP contribution in [-0.4, -0.2) is 48.1 Å². The second-order valence-electron chi connectivity index (χ2n) is 5.57. The second kappa shape index (κ2) is 10.4. The van der Waals surface area contributed by atoms with E-state index in [9.17, 15) is 9.90 Å². The molecule has 0 saturated heterocycles. The molecule has 1 heterocycles. The van der Waals surface area contributed by atoms with Gasteiger partial charge in [-0.05, 0) is 26.0 Å². The van der Waals surface area contributed by atoms with Gasteiger partial charge in [0.15, 0.2) is 5.96 Å². The van der Waals surface area contributed by atoms with Crippen molar-refractivity contribution < 1.29 is 9.90 Å². The standard InChI is InChI=1S/C18H25N5O2S/c1-3-19-18(21-9-8-14-12-26-13(2)23-14)22-11-10-20-17(25)15-6-4-5-7-16(15)24/h4-7,12,24H,3,8-11H2,1-2H3,(H,20,25)(H2,19,21,22). The number of thiazole rings is 1. The minimum atomic E-state index is -0.300. The van der Waals surface area contributed by atoms with Crippen molar-refractivity contribution in [3.63, 3.8) is 0 Å². The highest BCUT2D eigenvalue weighted by atomic mass is 32.1. The molecule has 140 valence electrons. The molecule has 0 unspecified atom stereocenters. The van der Waals surface area contributed by atoms with Gasteiger partial charge in [-0.2, -0.15) is 0 Å². The summed E-state index contributed by atoms with van der Waals surface area (Å²) in [7, 11) is 0. The summed E-state index contributed by atoms with van der Waals surface area (Å²) in [6, 6.07) is 6.48. The largest absolute Gasteiger partial charge is 0.507 e. The van der Waals surface area contributed by atoms with Crippen molar-refractivity contribution in [3.05, 3.63) is 45.9 Å². The molecule has 0 radical (unpaired) electrons. The number of carbonyl (C=O) groups is 1. The van der Waals surface area contributed by atoms with Crippen molar-refractivity contribution in [2.75, 3.05) is 26.2 Å². The SMILES string of the molecule is CCNC(=NCCc1csc(C)n1)NCCNC(=O)c1ccccc1O. The molecule has 7 nitrogen and oxygen atoms in total. The fraction of sp³-hybridized carbons (Fsp3) is 0.389. The van der Waals surface area contributed by atoms with Gasteiger partial charge in [-0.3, -0.25) is 9.79 Å². The van der Waals surface area contributed by atoms with E-state index in [1.807, 2.05) is 13.8 Å². The predicted octanol–water partition coefficient (Wildman–Crippen LogP) is 1.68. The van der Waals surface area contributed by atoms with Crippen molar-refractivity contribution in [1.29, 1.82) is 0 Å². The number of carbonyl (C=O) groups excluding carboxylic acids is 1. The first-order valence-corrected chi connectivity index (χ1v) is 9.47. The second-order valence-corrected chi connectivity index (χ2v) is 6.63. The molecule has 1 aromatic heterocycles. The van der Waals surface area contributed by atoms with Crippen LogP contribution in [0.1, 0.15) is 28.0 Å². The van der Waals surface area contributed by atoms with Crippen LogP contribution in [0.4, 0.5) is 0 Å². The van der Waals surface area contributed by atoms with Gasteiger partial charge in [-0.25, -0.2) is 4.98 Å². The Morgan fingerprint density at radius 1 is 1.23 bits per heavy atom. The van der Waals surface area contributed by atoms with Crippen molar-refractivity contribution >= 4 is 23.2 Å². The molecule has 0 atom stereocenters. The zero-order chi connectivity index (χ0) is 18.8. The van der Waals surface area contributed by atoms with E-state index in [-0.39, 0.29) is 17.2 Å². The minimum absolute atomic E-state index is 0.0230. The van der Waals surface area contributed by atoms with Crippen LogP contribution in [-0.2, 0) is 6.42 Å². The number of aryl methyl sites for hydroxylation is 1. The molecular formula is C18H25N5O2S. The summed E-state index contributed by atoms with van der Waals surface area (Å²) < 4.78 is 0. The molecule has 0 aliphatic heterocycles. The fourth-order valence-electron chi connectivity index (χ4n) is 2.26. The zero-order valence-electron chi connectivity index (χ0n) is 15.1. The Hall–Kier alpha value is -2.61. The molecule has 4 N–H and O–H groups in total. The lowest BCUT2D eigenvalue weighted by Crippen LogP contribution is -2.41. The molecule has 1 amide bonds. The van der Waals surface area contributed by atoms with Gasteiger partial charge >= 0.3 is 0 Å². The van der Waals surface area contributed by atoms with Gasteiger partial charge in [0.1, 0.15) is 5.75 Å². The van der Waals surface area contributed by atoms with Crippen LogP contribution in [0.15, 0.2) is 34.6 Å². The number of phenols is 1. The molecule has 0 fully saturated rings. The van der Waals surface area contributed by atoms with E-state index in [4.69, 9.17) is 0 Å². The smallest absolute Gasteiger partial charge is 0.255 e. The van der Waals surface area contributed by atoms with Crippen LogP contribution in [0.3, 0.4) is 0 Å². The zero-order valence-corrected chi connectivity index (χ0v) is 15.9. The molecule has 8 heteroatoms. The Morgan fingerprint density at radius 2 is 2.00 bits per heavy atom. The third kappa shape index (κ3) is 6.36. The number of rotatable bonds is 8. The lowest BCUT2D eigenvalue weighted by atomic mass is 10.2. The fourth-order valence-corrected chi connectivity index (χ4v) is 2.91. The summed E-state index contributed by atoms with van der Waals surface area (Å²) in [4.78, 5) is 21.0. The Kier molecular flexibility index (Phi) is 7.88. The summed E-state index contributed by atoms with van der Waals surface area (Å²) in [5.74, 6) is 0.382. The van der Waals surface area contributed by atoms with Crippen molar-refractivity contribution in [2.45, 2.75) is 20.3 Å². The third-order valence-corrected chi connectivity index (χ3v) is 4.32. The number of phenolic OH excluding ortho intramolecular Hbond substituents is 1. The average molecular weight is 375 g/mol. The first kappa shape index (κ1) is 19.7. The van der Waals surface area contributed by atoms with Gasteiger partial charge in [0.2, 0.25) is 0 Å². The topological polar surface area (TPSA) is 98.6 Å². The van der Waals surface area contributed by atoms with Gasteiger partial charge in [-0.1, -0.05) is 12.1 Å². The van der Waals surface area contributed by atoms with E-state index in [2.05, 4.69) is 31.3 Å². The monoisotopic (exact) mass is 375 g/mol. The number of amides is 1. The van der Waals surface area contributed by atoms with E-state index in [1.165, 1.54) is 6.07 Å². The number of nitrogens with zero attached hydrogens (tertiary/aromatic N) is 2. The first-order valence-electron chi connectivity index (χ1n) is 8.59. The Morgan fingerprint density at radius 3 is 2.69 bits per heavy atom. The Labute approximate surface area is 157 Å². The van der Waals surface area contributed by atoms with Crippen LogP contribution in [0.5, 0.6) is 5.75 Å². The number of aromatic hydroxyl groups is 1. The van der Waals surface area contributed by atoms with E-state index < -0.39 is 0 Å². The maximum Gasteiger partial charge on any atom is 0.255 e. The molecule has 0 aliphatic rings. The number of nitrogens with one attached hydrogen (secondary N) is 3. The molecule has 2 rings (SSSR count). The number of aliphatic imine (C=N–C) groups is 1. The van der Waals surface area contributed by atoms with Crippen LogP contribution in [0.2, 0.25) is 0 Å². The van der Waals surface area contributed by atoms with Gasteiger partial charge < -0.3 is 21.1 Å². The lowest BCUT2D eigenvalue weighted by molar-refractivity contribution is 0.0951. The number of hydrogen-bond acceptors (Lipinski definition) is 5. The minimum Gasteiger partial charge on any atom is -0.507 e. The molecular weight excluding hydrogens is 350 g/mol. The van der Waals surface area contributed by atoms with Gasteiger partial charge in [0.05, 0.1) is 16.3 Å². The molecule has 0 bridgehead atoms. The molecule has 0 saturated carbocycles. The van der Waals surface area contributed by atoms with E-state index in [1.54, 1.807) is 29.5 Å². The van der Waals surface area contributed by atoms with Crippen LogP contribution in [0.25, 0.3) is 0 Å². The van der Waals surface area contributed by atoms with Gasteiger partial charge in [0, 0.05) is 38.0 Å². The first-order chi connectivity index (χ1) is 12.6. The van der Waals surface area contributed by atoms with Crippen molar-refractivity contribution in [2.24, 2.45) is 4.99 Å². The Balaban J connectivity index is 1.74. The lowest BCUT2D eigenvalue weighted by Gasteiger charge is -2.12. The maximum atomic E-state index is 12.0. The van der Waals surface area contributed by atoms with Crippen LogP contribution < -0.4 is 16.0 Å². The quantitative estimate of drug-likeness (QED) is 0.320. The van der Waals surface area contributed by atoms with E-state index in [0.717, 1.165) is 23.7 Å². The number of para-hydroxylation sites is 1. The third-order valence-electron chi connectivity index (χ3n) is 3.50. The highest BCUT2D eigenvalue weighted by molar-refractivity contribution is 7.09. The maximum absolute atomic E-state index is 12.0. The highest BCUT2D eigenvalue weighted by Crippen LogP contribution is 2.14. The summed E-state index contributed by atoms with van der Waals surface area (Å²) >= 11 is 1.64. The van der Waals surface area contributed by atoms with E-state index in [0.29, 0.717) is 25.6 Å². The van der Waals surface area contributed by atoms with Gasteiger partial charge in [-0.15, -0.1) is 11.3 Å². The highest BCUT2D eigenvalue weighted by Gasteiger charge is 2.09. The van der Waals surface area contributed by atoms with Crippen molar-refractivity contribution in [3.8, 4) is 5.75 Å². The molecule has 1 aromatic carbocycles. The normalized spacial score (nSPS) is 11.2. The van der Waals surface area contributed by atoms with Crippen molar-refractivity contribution in [1.82, 2.24) is 20.9 Å². The van der Waals surface area contributed by atoms with Gasteiger partial charge in [0.25, 0.3) is 5.91 Å². The summed E-state index contributed by atoms with van der Waals surface area (Å²) in [6.07, 6.45) is 0.797. The predicted molar refractivity (Wildman–Crippen MR) is 105 cm³/mol. The molecule has 0 spiro atoms. The molecule has 26 heavy (non-hydrogen) atoms.